The quantitative estimate of drug-likeness (QED) is 0.677. The van der Waals surface area contributed by atoms with Crippen LogP contribution in [0.2, 0.25) is 0 Å². The highest BCUT2D eigenvalue weighted by molar-refractivity contribution is 7.98. The van der Waals surface area contributed by atoms with Crippen LogP contribution in [0.1, 0.15) is 5.56 Å². The van der Waals surface area contributed by atoms with Crippen LogP contribution in [0, 0.1) is 0 Å². The van der Waals surface area contributed by atoms with Gasteiger partial charge in [0.1, 0.15) is 0 Å². The molecule has 0 aliphatic rings. The molecule has 1 aromatic carbocycles. The van der Waals surface area contributed by atoms with Gasteiger partial charge in [-0.05, 0) is 36.6 Å². The summed E-state index contributed by atoms with van der Waals surface area (Å²) in [6.07, 6.45) is 1.02. The first-order chi connectivity index (χ1) is 9.99. The van der Waals surface area contributed by atoms with Crippen molar-refractivity contribution in [1.82, 2.24) is 9.97 Å². The molecular weight excluding hydrogens is 297 g/mol. The predicted octanol–water partition coefficient (Wildman–Crippen LogP) is 4.97. The lowest BCUT2D eigenvalue weighted by Gasteiger charge is -2.05. The minimum absolute atomic E-state index is 0.545. The molecule has 3 rings (SSSR count). The monoisotopic (exact) mass is 308 g/mol. The summed E-state index contributed by atoms with van der Waals surface area (Å²) in [6, 6.07) is 7.29. The standard InChI is InChI=1S/C15H11F3N2S/c1-21-14-8-19-5-4-11(14)13-7-9-6-10(15(16,17)18)2-3-12(9)20-13/h2-8,20H,1H3. The van der Waals surface area contributed by atoms with Crippen LogP contribution in [0.5, 0.6) is 0 Å². The summed E-state index contributed by atoms with van der Waals surface area (Å²) in [4.78, 5) is 8.19. The van der Waals surface area contributed by atoms with Gasteiger partial charge in [0.15, 0.2) is 0 Å². The molecule has 0 saturated heterocycles. The van der Waals surface area contributed by atoms with Crippen LogP contribution < -0.4 is 0 Å². The van der Waals surface area contributed by atoms with E-state index in [1.807, 2.05) is 12.3 Å². The fraction of sp³-hybridized carbons (Fsp3) is 0.133. The second-order valence-corrected chi connectivity index (χ2v) is 5.41. The van der Waals surface area contributed by atoms with E-state index in [2.05, 4.69) is 9.97 Å². The van der Waals surface area contributed by atoms with Crippen LogP contribution >= 0.6 is 11.8 Å². The molecule has 0 bridgehead atoms. The molecule has 2 nitrogen and oxygen atoms in total. The highest BCUT2D eigenvalue weighted by atomic mass is 32.2. The zero-order valence-electron chi connectivity index (χ0n) is 11.0. The molecule has 1 N–H and O–H groups in total. The zero-order chi connectivity index (χ0) is 15.0. The van der Waals surface area contributed by atoms with Crippen molar-refractivity contribution in [1.29, 1.82) is 0 Å². The molecular formula is C15H11F3N2S. The molecule has 0 atom stereocenters. The van der Waals surface area contributed by atoms with Gasteiger partial charge in [0.2, 0.25) is 0 Å². The van der Waals surface area contributed by atoms with Gasteiger partial charge in [-0.3, -0.25) is 4.98 Å². The first-order valence-electron chi connectivity index (χ1n) is 6.17. The van der Waals surface area contributed by atoms with Gasteiger partial charge in [-0.1, -0.05) is 0 Å². The van der Waals surface area contributed by atoms with Gasteiger partial charge in [-0.25, -0.2) is 0 Å². The van der Waals surface area contributed by atoms with Gasteiger partial charge in [-0.15, -0.1) is 11.8 Å². The second kappa shape index (κ2) is 5.11. The molecule has 0 spiro atoms. The van der Waals surface area contributed by atoms with E-state index in [0.717, 1.165) is 28.3 Å². The van der Waals surface area contributed by atoms with Gasteiger partial charge in [0, 0.05) is 39.4 Å². The lowest BCUT2D eigenvalue weighted by molar-refractivity contribution is -0.137. The summed E-state index contributed by atoms with van der Waals surface area (Å²) >= 11 is 1.55. The van der Waals surface area contributed by atoms with Gasteiger partial charge < -0.3 is 4.98 Å². The van der Waals surface area contributed by atoms with Crippen molar-refractivity contribution in [3.05, 3.63) is 48.3 Å². The number of aromatic amines is 1. The molecule has 0 radical (unpaired) electrons. The van der Waals surface area contributed by atoms with E-state index in [4.69, 9.17) is 0 Å². The fourth-order valence-electron chi connectivity index (χ4n) is 2.22. The minimum Gasteiger partial charge on any atom is -0.354 e. The van der Waals surface area contributed by atoms with Crippen molar-refractivity contribution in [2.24, 2.45) is 0 Å². The molecule has 108 valence electrons. The van der Waals surface area contributed by atoms with Gasteiger partial charge in [-0.2, -0.15) is 13.2 Å². The van der Waals surface area contributed by atoms with Crippen molar-refractivity contribution in [2.75, 3.05) is 6.26 Å². The number of hydrogen-bond donors (Lipinski definition) is 1. The molecule has 0 amide bonds. The normalized spacial score (nSPS) is 12.0. The number of alkyl halides is 3. The average Bonchev–Trinajstić information content (AvgIpc) is 2.89. The number of aromatic nitrogens is 2. The van der Waals surface area contributed by atoms with E-state index < -0.39 is 11.7 Å². The third-order valence-electron chi connectivity index (χ3n) is 3.24. The summed E-state index contributed by atoms with van der Waals surface area (Å²) in [5.74, 6) is 0. The Morgan fingerprint density at radius 2 is 1.95 bits per heavy atom. The molecule has 0 saturated carbocycles. The van der Waals surface area contributed by atoms with E-state index in [1.54, 1.807) is 30.2 Å². The predicted molar refractivity (Wildman–Crippen MR) is 78.3 cm³/mol. The Labute approximate surface area is 123 Å². The number of rotatable bonds is 2. The Balaban J connectivity index is 2.13. The topological polar surface area (TPSA) is 28.7 Å². The number of H-pyrrole nitrogens is 1. The van der Waals surface area contributed by atoms with Gasteiger partial charge >= 0.3 is 6.18 Å². The zero-order valence-corrected chi connectivity index (χ0v) is 11.8. The van der Waals surface area contributed by atoms with Crippen LogP contribution in [-0.2, 0) is 6.18 Å². The lowest BCUT2D eigenvalue weighted by Crippen LogP contribution is -2.03. The first-order valence-corrected chi connectivity index (χ1v) is 7.40. The summed E-state index contributed by atoms with van der Waals surface area (Å²) < 4.78 is 38.2. The van der Waals surface area contributed by atoms with Crippen molar-refractivity contribution in [2.45, 2.75) is 11.1 Å². The number of nitrogens with one attached hydrogen (secondary N) is 1. The number of halogens is 3. The molecule has 0 fully saturated rings. The summed E-state index contributed by atoms with van der Waals surface area (Å²) in [5, 5.41) is 0.545. The molecule has 21 heavy (non-hydrogen) atoms. The lowest BCUT2D eigenvalue weighted by atomic mass is 10.1. The van der Waals surface area contributed by atoms with Crippen LogP contribution in [0.4, 0.5) is 13.2 Å². The number of benzene rings is 1. The molecule has 2 aromatic heterocycles. The maximum atomic E-state index is 12.7. The van der Waals surface area contributed by atoms with Crippen LogP contribution in [-0.4, -0.2) is 16.2 Å². The highest BCUT2D eigenvalue weighted by Crippen LogP contribution is 2.34. The second-order valence-electron chi connectivity index (χ2n) is 4.56. The molecule has 2 heterocycles. The Kier molecular flexibility index (Phi) is 3.41. The molecule has 0 aliphatic carbocycles. The Morgan fingerprint density at radius 1 is 1.14 bits per heavy atom. The average molecular weight is 308 g/mol. The Bertz CT molecular complexity index is 793. The Morgan fingerprint density at radius 3 is 2.67 bits per heavy atom. The number of thioether (sulfide) groups is 1. The fourth-order valence-corrected chi connectivity index (χ4v) is 2.78. The number of pyridine rings is 1. The summed E-state index contributed by atoms with van der Waals surface area (Å²) in [7, 11) is 0. The highest BCUT2D eigenvalue weighted by Gasteiger charge is 2.30. The number of hydrogen-bond acceptors (Lipinski definition) is 2. The molecule has 3 aromatic rings. The van der Waals surface area contributed by atoms with E-state index in [9.17, 15) is 13.2 Å². The van der Waals surface area contributed by atoms with Gasteiger partial charge in [0.25, 0.3) is 0 Å². The SMILES string of the molecule is CSc1cnccc1-c1cc2cc(C(F)(F)F)ccc2[nH]1. The number of nitrogens with zero attached hydrogens (tertiary/aromatic N) is 1. The molecule has 0 aliphatic heterocycles. The van der Waals surface area contributed by atoms with Gasteiger partial charge in [0.05, 0.1) is 5.56 Å². The van der Waals surface area contributed by atoms with Crippen molar-refractivity contribution >= 4 is 22.7 Å². The summed E-state index contributed by atoms with van der Waals surface area (Å²) in [6.45, 7) is 0. The maximum absolute atomic E-state index is 12.7. The molecule has 6 heteroatoms. The van der Waals surface area contributed by atoms with Crippen molar-refractivity contribution in [3.63, 3.8) is 0 Å². The number of fused-ring (bicyclic) bond motifs is 1. The largest absolute Gasteiger partial charge is 0.416 e. The van der Waals surface area contributed by atoms with E-state index in [-0.39, 0.29) is 0 Å². The van der Waals surface area contributed by atoms with E-state index in [1.165, 1.54) is 6.07 Å². The smallest absolute Gasteiger partial charge is 0.354 e. The minimum atomic E-state index is -4.33. The van der Waals surface area contributed by atoms with Crippen LogP contribution in [0.15, 0.2) is 47.6 Å². The molecule has 0 unspecified atom stereocenters. The maximum Gasteiger partial charge on any atom is 0.416 e. The summed E-state index contributed by atoms with van der Waals surface area (Å²) in [5.41, 5.74) is 1.76. The van der Waals surface area contributed by atoms with Crippen molar-refractivity contribution in [3.8, 4) is 11.3 Å². The first kappa shape index (κ1) is 14.0. The Hall–Kier alpha value is -1.95. The van der Waals surface area contributed by atoms with Crippen LogP contribution in [0.3, 0.4) is 0 Å². The third kappa shape index (κ3) is 2.63. The van der Waals surface area contributed by atoms with Crippen molar-refractivity contribution < 1.29 is 13.2 Å². The van der Waals surface area contributed by atoms with E-state index in [0.29, 0.717) is 10.9 Å². The van der Waals surface area contributed by atoms with Crippen LogP contribution in [0.25, 0.3) is 22.2 Å². The third-order valence-corrected chi connectivity index (χ3v) is 4.01. The van der Waals surface area contributed by atoms with E-state index >= 15 is 0 Å².